The van der Waals surface area contributed by atoms with Crippen molar-refractivity contribution in [3.8, 4) is 0 Å². The SMILES string of the molecule is CCOC(=O)c1cc(CC)sc1NC(=O)COC(=O)CNC(=O)c1ccc(Cl)cc1. The van der Waals surface area contributed by atoms with E-state index in [0.717, 1.165) is 4.88 Å². The number of amides is 2. The van der Waals surface area contributed by atoms with Gasteiger partial charge in [-0.3, -0.25) is 14.4 Å². The molecule has 0 spiro atoms. The van der Waals surface area contributed by atoms with Gasteiger partial charge in [-0.1, -0.05) is 18.5 Å². The Balaban J connectivity index is 1.83. The molecule has 1 heterocycles. The lowest BCUT2D eigenvalue weighted by Gasteiger charge is -2.08. The molecule has 160 valence electrons. The lowest BCUT2D eigenvalue weighted by molar-refractivity contribution is -0.146. The Morgan fingerprint density at radius 1 is 1.07 bits per heavy atom. The summed E-state index contributed by atoms with van der Waals surface area (Å²) in [4.78, 5) is 48.8. The molecule has 1 aromatic carbocycles. The van der Waals surface area contributed by atoms with Gasteiger partial charge in [-0.05, 0) is 43.7 Å². The molecule has 0 atom stereocenters. The number of rotatable bonds is 9. The van der Waals surface area contributed by atoms with Crippen LogP contribution in [0.1, 0.15) is 39.4 Å². The average molecular weight is 453 g/mol. The zero-order chi connectivity index (χ0) is 22.1. The molecule has 2 rings (SSSR count). The van der Waals surface area contributed by atoms with E-state index in [-0.39, 0.29) is 12.2 Å². The fraction of sp³-hybridized carbons (Fsp3) is 0.300. The molecule has 0 aliphatic rings. The van der Waals surface area contributed by atoms with Gasteiger partial charge < -0.3 is 20.1 Å². The minimum atomic E-state index is -0.779. The molecule has 0 aliphatic heterocycles. The van der Waals surface area contributed by atoms with Crippen molar-refractivity contribution < 1.29 is 28.7 Å². The monoisotopic (exact) mass is 452 g/mol. The molecule has 0 saturated carbocycles. The summed E-state index contributed by atoms with van der Waals surface area (Å²) in [5.74, 6) is -2.40. The summed E-state index contributed by atoms with van der Waals surface area (Å²) in [7, 11) is 0. The van der Waals surface area contributed by atoms with E-state index >= 15 is 0 Å². The van der Waals surface area contributed by atoms with Crippen LogP contribution in [0.3, 0.4) is 0 Å². The van der Waals surface area contributed by atoms with Gasteiger partial charge in [-0.2, -0.15) is 0 Å². The number of carbonyl (C=O) groups excluding carboxylic acids is 4. The van der Waals surface area contributed by atoms with Crippen LogP contribution in [0, 0.1) is 0 Å². The lowest BCUT2D eigenvalue weighted by atomic mass is 10.2. The van der Waals surface area contributed by atoms with Gasteiger partial charge in [0.25, 0.3) is 11.8 Å². The van der Waals surface area contributed by atoms with E-state index in [9.17, 15) is 19.2 Å². The maximum absolute atomic E-state index is 12.1. The zero-order valence-electron chi connectivity index (χ0n) is 16.5. The van der Waals surface area contributed by atoms with E-state index in [1.807, 2.05) is 6.92 Å². The van der Waals surface area contributed by atoms with Gasteiger partial charge in [0.15, 0.2) is 6.61 Å². The summed E-state index contributed by atoms with van der Waals surface area (Å²) in [6, 6.07) is 7.80. The molecule has 10 heteroatoms. The predicted molar refractivity (Wildman–Crippen MR) is 113 cm³/mol. The second-order valence-electron chi connectivity index (χ2n) is 5.93. The van der Waals surface area contributed by atoms with Crippen molar-refractivity contribution in [2.45, 2.75) is 20.3 Å². The van der Waals surface area contributed by atoms with Crippen LogP contribution >= 0.6 is 22.9 Å². The van der Waals surface area contributed by atoms with E-state index in [0.29, 0.717) is 22.0 Å². The number of benzene rings is 1. The molecule has 0 fully saturated rings. The summed E-state index contributed by atoms with van der Waals surface area (Å²) >= 11 is 7.01. The van der Waals surface area contributed by atoms with Crippen molar-refractivity contribution in [1.29, 1.82) is 0 Å². The van der Waals surface area contributed by atoms with Gasteiger partial charge in [0.1, 0.15) is 11.5 Å². The Morgan fingerprint density at radius 2 is 1.77 bits per heavy atom. The molecule has 8 nitrogen and oxygen atoms in total. The first-order valence-corrected chi connectivity index (χ1v) is 10.3. The quantitative estimate of drug-likeness (QED) is 0.566. The number of aryl methyl sites for hydroxylation is 1. The van der Waals surface area contributed by atoms with Gasteiger partial charge >= 0.3 is 11.9 Å². The Morgan fingerprint density at radius 3 is 2.40 bits per heavy atom. The first kappa shape index (κ1) is 23.4. The number of esters is 2. The number of ether oxygens (including phenoxy) is 2. The highest BCUT2D eigenvalue weighted by Crippen LogP contribution is 2.29. The van der Waals surface area contributed by atoms with Gasteiger partial charge in [0.05, 0.1) is 12.2 Å². The van der Waals surface area contributed by atoms with Crippen molar-refractivity contribution >= 4 is 51.7 Å². The summed E-state index contributed by atoms with van der Waals surface area (Å²) in [6.07, 6.45) is 0.690. The summed E-state index contributed by atoms with van der Waals surface area (Å²) in [5.41, 5.74) is 0.592. The normalized spacial score (nSPS) is 10.2. The highest BCUT2D eigenvalue weighted by molar-refractivity contribution is 7.16. The zero-order valence-corrected chi connectivity index (χ0v) is 18.0. The maximum Gasteiger partial charge on any atom is 0.341 e. The van der Waals surface area contributed by atoms with Crippen LogP contribution < -0.4 is 10.6 Å². The fourth-order valence-electron chi connectivity index (χ4n) is 2.29. The number of hydrogen-bond donors (Lipinski definition) is 2. The molecule has 0 saturated heterocycles. The van der Waals surface area contributed by atoms with Crippen molar-refractivity contribution in [3.63, 3.8) is 0 Å². The molecule has 2 amide bonds. The van der Waals surface area contributed by atoms with Crippen LogP contribution in [0.15, 0.2) is 30.3 Å². The van der Waals surface area contributed by atoms with Crippen LogP contribution in [0.2, 0.25) is 5.02 Å². The van der Waals surface area contributed by atoms with E-state index in [2.05, 4.69) is 10.6 Å². The van der Waals surface area contributed by atoms with Crippen molar-refractivity contribution in [2.24, 2.45) is 0 Å². The number of thiophene rings is 1. The molecule has 2 aromatic rings. The van der Waals surface area contributed by atoms with E-state index in [1.54, 1.807) is 25.1 Å². The van der Waals surface area contributed by atoms with E-state index < -0.39 is 36.9 Å². The van der Waals surface area contributed by atoms with Gasteiger partial charge in [0, 0.05) is 15.5 Å². The third-order valence-electron chi connectivity index (χ3n) is 3.74. The minimum Gasteiger partial charge on any atom is -0.462 e. The average Bonchev–Trinajstić information content (AvgIpc) is 3.14. The molecular formula is C20H21ClN2O6S. The number of carbonyl (C=O) groups is 4. The Kier molecular flexibility index (Phi) is 8.82. The van der Waals surface area contributed by atoms with Crippen LogP contribution in [-0.4, -0.2) is 43.5 Å². The molecule has 30 heavy (non-hydrogen) atoms. The molecular weight excluding hydrogens is 432 g/mol. The largest absolute Gasteiger partial charge is 0.462 e. The van der Waals surface area contributed by atoms with Crippen LogP contribution in [0.5, 0.6) is 0 Å². The Labute approximate surface area is 182 Å². The maximum atomic E-state index is 12.1. The smallest absolute Gasteiger partial charge is 0.341 e. The summed E-state index contributed by atoms with van der Waals surface area (Å²) < 4.78 is 9.85. The molecule has 2 N–H and O–H groups in total. The third kappa shape index (κ3) is 6.85. The second kappa shape index (κ2) is 11.3. The van der Waals surface area contributed by atoms with Gasteiger partial charge in [-0.25, -0.2) is 4.79 Å². The van der Waals surface area contributed by atoms with Crippen molar-refractivity contribution in [2.75, 3.05) is 25.1 Å². The van der Waals surface area contributed by atoms with Crippen LogP contribution in [0.25, 0.3) is 0 Å². The fourth-order valence-corrected chi connectivity index (χ4v) is 3.41. The number of nitrogens with one attached hydrogen (secondary N) is 2. The summed E-state index contributed by atoms with van der Waals surface area (Å²) in [5, 5.41) is 5.77. The minimum absolute atomic E-state index is 0.211. The van der Waals surface area contributed by atoms with Crippen LogP contribution in [-0.2, 0) is 25.5 Å². The molecule has 0 bridgehead atoms. The highest BCUT2D eigenvalue weighted by Gasteiger charge is 2.19. The first-order valence-electron chi connectivity index (χ1n) is 9.13. The second-order valence-corrected chi connectivity index (χ2v) is 7.50. The molecule has 0 radical (unpaired) electrons. The van der Waals surface area contributed by atoms with Crippen molar-refractivity contribution in [3.05, 3.63) is 51.4 Å². The summed E-state index contributed by atoms with van der Waals surface area (Å²) in [6.45, 7) is 2.86. The predicted octanol–water partition coefficient (Wildman–Crippen LogP) is 3.05. The molecule has 0 aliphatic carbocycles. The standard InChI is InChI=1S/C20H21ClN2O6S/c1-3-14-9-15(20(27)28-4-2)19(30-14)23-16(24)11-29-17(25)10-22-18(26)12-5-7-13(21)8-6-12/h5-9H,3-4,10-11H2,1-2H3,(H,22,26)(H,23,24). The Bertz CT molecular complexity index is 926. The van der Waals surface area contributed by atoms with Crippen molar-refractivity contribution in [1.82, 2.24) is 5.32 Å². The Hall–Kier alpha value is -2.91. The van der Waals surface area contributed by atoms with Gasteiger partial charge in [-0.15, -0.1) is 11.3 Å². The topological polar surface area (TPSA) is 111 Å². The number of halogens is 1. The van der Waals surface area contributed by atoms with E-state index in [1.165, 1.54) is 23.5 Å². The molecule has 0 unspecified atom stereocenters. The third-order valence-corrected chi connectivity index (χ3v) is 5.19. The van der Waals surface area contributed by atoms with E-state index in [4.69, 9.17) is 21.1 Å². The molecule has 1 aromatic heterocycles. The van der Waals surface area contributed by atoms with Gasteiger partial charge in [0.2, 0.25) is 0 Å². The highest BCUT2D eigenvalue weighted by atomic mass is 35.5. The number of hydrogen-bond acceptors (Lipinski definition) is 7. The number of anilines is 1. The lowest BCUT2D eigenvalue weighted by Crippen LogP contribution is -2.32. The van der Waals surface area contributed by atoms with Crippen LogP contribution in [0.4, 0.5) is 5.00 Å². The first-order chi connectivity index (χ1) is 14.3.